The molecule has 2 rings (SSSR count). The van der Waals surface area contributed by atoms with Gasteiger partial charge in [0.05, 0.1) is 5.54 Å². The van der Waals surface area contributed by atoms with Gasteiger partial charge in [0, 0.05) is 17.4 Å². The first kappa shape index (κ1) is 18.7. The molecule has 0 N–H and O–H groups in total. The summed E-state index contributed by atoms with van der Waals surface area (Å²) in [6.07, 6.45) is 0.489. The van der Waals surface area contributed by atoms with E-state index in [4.69, 9.17) is 0 Å². The molecule has 0 spiro atoms. The van der Waals surface area contributed by atoms with Crippen LogP contribution in [0.15, 0.2) is 60.7 Å². The van der Waals surface area contributed by atoms with Crippen molar-refractivity contribution in [2.45, 2.75) is 39.7 Å². The van der Waals surface area contributed by atoms with E-state index in [9.17, 15) is 4.79 Å². The summed E-state index contributed by atoms with van der Waals surface area (Å²) >= 11 is 3.53. The normalized spacial score (nSPS) is 12.0. The van der Waals surface area contributed by atoms with Gasteiger partial charge in [-0.1, -0.05) is 78.3 Å². The van der Waals surface area contributed by atoms with Crippen LogP contribution in [0.25, 0.3) is 0 Å². The van der Waals surface area contributed by atoms with Crippen LogP contribution in [0.4, 0.5) is 5.69 Å². The minimum atomic E-state index is -0.428. The van der Waals surface area contributed by atoms with Crippen LogP contribution in [0.3, 0.4) is 0 Å². The van der Waals surface area contributed by atoms with Crippen LogP contribution in [0.1, 0.15) is 39.7 Å². The smallest absolute Gasteiger partial charge is 0.228 e. The highest BCUT2D eigenvalue weighted by Gasteiger charge is 2.35. The lowest BCUT2D eigenvalue weighted by molar-refractivity contribution is -0.121. The zero-order chi connectivity index (χ0) is 17.8. The zero-order valence-electron chi connectivity index (χ0n) is 14.9. The summed E-state index contributed by atoms with van der Waals surface area (Å²) in [5, 5.41) is 0.792. The van der Waals surface area contributed by atoms with Crippen molar-refractivity contribution < 1.29 is 4.79 Å². The standard InChI is InChI=1S/C21H26BrNO/c1-20(2,16-22)15-19(24)23(18-13-9-6-10-14-18)21(3,4)17-11-7-5-8-12-17/h5-14H,15-16H2,1-4H3. The summed E-state index contributed by atoms with van der Waals surface area (Å²) in [5.41, 5.74) is 1.54. The Bertz CT molecular complexity index is 665. The van der Waals surface area contributed by atoms with E-state index in [2.05, 4.69) is 55.8 Å². The van der Waals surface area contributed by atoms with Gasteiger partial charge >= 0.3 is 0 Å². The van der Waals surface area contributed by atoms with E-state index in [-0.39, 0.29) is 11.3 Å². The van der Waals surface area contributed by atoms with Crippen molar-refractivity contribution in [2.75, 3.05) is 10.2 Å². The number of carbonyl (C=O) groups excluding carboxylic acids is 1. The van der Waals surface area contributed by atoms with Crippen molar-refractivity contribution >= 4 is 27.5 Å². The average molecular weight is 388 g/mol. The van der Waals surface area contributed by atoms with Crippen LogP contribution >= 0.6 is 15.9 Å². The fourth-order valence-electron chi connectivity index (χ4n) is 2.87. The van der Waals surface area contributed by atoms with E-state index in [0.29, 0.717) is 6.42 Å². The van der Waals surface area contributed by atoms with Gasteiger partial charge in [-0.05, 0) is 37.0 Å². The van der Waals surface area contributed by atoms with Gasteiger partial charge in [-0.3, -0.25) is 4.79 Å². The van der Waals surface area contributed by atoms with Crippen molar-refractivity contribution in [3.63, 3.8) is 0 Å². The Morgan fingerprint density at radius 1 is 0.917 bits per heavy atom. The molecule has 0 aromatic heterocycles. The molecule has 0 aliphatic carbocycles. The van der Waals surface area contributed by atoms with Crippen LogP contribution in [0.2, 0.25) is 0 Å². The Morgan fingerprint density at radius 2 is 1.42 bits per heavy atom. The summed E-state index contributed by atoms with van der Waals surface area (Å²) in [7, 11) is 0. The molecular formula is C21H26BrNO. The predicted octanol–water partition coefficient (Wildman–Crippen LogP) is 5.77. The molecule has 1 amide bonds. The molecule has 0 atom stereocenters. The van der Waals surface area contributed by atoms with Gasteiger partial charge < -0.3 is 4.90 Å². The van der Waals surface area contributed by atoms with Crippen LogP contribution in [-0.4, -0.2) is 11.2 Å². The molecule has 128 valence electrons. The van der Waals surface area contributed by atoms with Gasteiger partial charge in [-0.15, -0.1) is 0 Å². The molecule has 0 heterocycles. The third-order valence-corrected chi connectivity index (χ3v) is 5.81. The van der Waals surface area contributed by atoms with Crippen LogP contribution in [0, 0.1) is 5.41 Å². The maximum atomic E-state index is 13.2. The number of alkyl halides is 1. The highest BCUT2D eigenvalue weighted by molar-refractivity contribution is 9.09. The molecule has 0 unspecified atom stereocenters. The van der Waals surface area contributed by atoms with Crippen molar-refractivity contribution in [3.8, 4) is 0 Å². The van der Waals surface area contributed by atoms with E-state index in [1.807, 2.05) is 53.4 Å². The first-order valence-corrected chi connectivity index (χ1v) is 9.40. The van der Waals surface area contributed by atoms with Crippen LogP contribution < -0.4 is 4.90 Å². The van der Waals surface area contributed by atoms with E-state index in [1.54, 1.807) is 0 Å². The Balaban J connectivity index is 2.46. The van der Waals surface area contributed by atoms with Crippen molar-refractivity contribution in [1.82, 2.24) is 0 Å². The second-order valence-corrected chi connectivity index (χ2v) is 8.03. The van der Waals surface area contributed by atoms with E-state index >= 15 is 0 Å². The molecular weight excluding hydrogens is 362 g/mol. The lowest BCUT2D eigenvalue weighted by Crippen LogP contribution is -2.47. The van der Waals surface area contributed by atoms with Crippen LogP contribution in [0.5, 0.6) is 0 Å². The molecule has 2 aromatic carbocycles. The van der Waals surface area contributed by atoms with Crippen molar-refractivity contribution in [3.05, 3.63) is 66.2 Å². The van der Waals surface area contributed by atoms with Crippen molar-refractivity contribution in [1.29, 1.82) is 0 Å². The molecule has 0 saturated heterocycles. The average Bonchev–Trinajstić information content (AvgIpc) is 2.56. The lowest BCUT2D eigenvalue weighted by atomic mass is 9.87. The number of anilines is 1. The molecule has 0 aliphatic rings. The molecule has 0 aliphatic heterocycles. The number of carbonyl (C=O) groups is 1. The topological polar surface area (TPSA) is 20.3 Å². The summed E-state index contributed by atoms with van der Waals surface area (Å²) < 4.78 is 0. The molecule has 2 nitrogen and oxygen atoms in total. The Labute approximate surface area is 154 Å². The van der Waals surface area contributed by atoms with Gasteiger partial charge in [0.1, 0.15) is 0 Å². The van der Waals surface area contributed by atoms with Crippen LogP contribution in [-0.2, 0) is 10.3 Å². The lowest BCUT2D eigenvalue weighted by Gasteiger charge is -2.40. The van der Waals surface area contributed by atoms with Gasteiger partial charge in [0.15, 0.2) is 0 Å². The minimum absolute atomic E-state index is 0.0864. The number of nitrogens with zero attached hydrogens (tertiary/aromatic N) is 1. The Morgan fingerprint density at radius 3 is 1.92 bits per heavy atom. The number of amides is 1. The third kappa shape index (κ3) is 4.27. The molecule has 2 aromatic rings. The molecule has 24 heavy (non-hydrogen) atoms. The third-order valence-electron chi connectivity index (χ3n) is 4.29. The maximum Gasteiger partial charge on any atom is 0.228 e. The van der Waals surface area contributed by atoms with Gasteiger partial charge in [-0.2, -0.15) is 0 Å². The Hall–Kier alpha value is -1.61. The quantitative estimate of drug-likeness (QED) is 0.576. The summed E-state index contributed by atoms with van der Waals surface area (Å²) in [5.74, 6) is 0.138. The summed E-state index contributed by atoms with van der Waals surface area (Å²) in [4.78, 5) is 15.2. The van der Waals surface area contributed by atoms with Gasteiger partial charge in [0.25, 0.3) is 0 Å². The first-order chi connectivity index (χ1) is 11.3. The summed E-state index contributed by atoms with van der Waals surface area (Å²) in [6, 6.07) is 20.1. The molecule has 0 fully saturated rings. The fraction of sp³-hybridized carbons (Fsp3) is 0.381. The number of para-hydroxylation sites is 1. The Kier molecular flexibility index (Phi) is 5.87. The van der Waals surface area contributed by atoms with Crippen molar-refractivity contribution in [2.24, 2.45) is 5.41 Å². The zero-order valence-corrected chi connectivity index (χ0v) is 16.5. The SMILES string of the molecule is CC(C)(CBr)CC(=O)N(c1ccccc1)C(C)(C)c1ccccc1. The van der Waals surface area contributed by atoms with Gasteiger partial charge in [0.2, 0.25) is 5.91 Å². The number of hydrogen-bond acceptors (Lipinski definition) is 1. The number of hydrogen-bond donors (Lipinski definition) is 0. The molecule has 0 bridgehead atoms. The second-order valence-electron chi connectivity index (χ2n) is 7.46. The molecule has 0 radical (unpaired) electrons. The molecule has 3 heteroatoms. The van der Waals surface area contributed by atoms with E-state index < -0.39 is 5.54 Å². The molecule has 0 saturated carbocycles. The second kappa shape index (κ2) is 7.52. The van der Waals surface area contributed by atoms with Gasteiger partial charge in [-0.25, -0.2) is 0 Å². The largest absolute Gasteiger partial charge is 0.303 e. The predicted molar refractivity (Wildman–Crippen MR) is 106 cm³/mol. The van der Waals surface area contributed by atoms with E-state index in [0.717, 1.165) is 16.6 Å². The maximum absolute atomic E-state index is 13.2. The number of benzene rings is 2. The summed E-state index contributed by atoms with van der Waals surface area (Å²) in [6.45, 7) is 8.43. The first-order valence-electron chi connectivity index (χ1n) is 8.27. The monoisotopic (exact) mass is 387 g/mol. The highest BCUT2D eigenvalue weighted by atomic mass is 79.9. The highest BCUT2D eigenvalue weighted by Crippen LogP contribution is 2.35. The minimum Gasteiger partial charge on any atom is -0.303 e. The number of halogens is 1. The fourth-order valence-corrected chi connectivity index (χ4v) is 3.06. The number of rotatable bonds is 6. The van der Waals surface area contributed by atoms with E-state index in [1.165, 1.54) is 0 Å².